The van der Waals surface area contributed by atoms with Crippen molar-refractivity contribution in [3.63, 3.8) is 0 Å². The molecule has 0 aromatic heterocycles. The molecule has 2 aromatic carbocycles. The smallest absolute Gasteiger partial charge is 0.0441 e. The number of aryl methyl sites for hydroxylation is 2. The van der Waals surface area contributed by atoms with Crippen LogP contribution in [0.4, 0.5) is 0 Å². The van der Waals surface area contributed by atoms with E-state index in [1.165, 1.54) is 22.3 Å². The van der Waals surface area contributed by atoms with Crippen molar-refractivity contribution in [3.8, 4) is 0 Å². The van der Waals surface area contributed by atoms with Crippen LogP contribution in [0.5, 0.6) is 0 Å². The quantitative estimate of drug-likeness (QED) is 0.801. The van der Waals surface area contributed by atoms with Crippen LogP contribution in [-0.4, -0.2) is 13.1 Å². The molecule has 0 aliphatic carbocycles. The molecule has 2 heteroatoms. The van der Waals surface area contributed by atoms with E-state index in [1.807, 2.05) is 12.1 Å². The van der Waals surface area contributed by atoms with Gasteiger partial charge in [-0.2, -0.15) is 0 Å². The maximum Gasteiger partial charge on any atom is 0.0441 e. The number of benzene rings is 2. The fourth-order valence-electron chi connectivity index (χ4n) is 2.70. The highest BCUT2D eigenvalue weighted by molar-refractivity contribution is 6.31. The lowest BCUT2D eigenvalue weighted by molar-refractivity contribution is 0.594. The van der Waals surface area contributed by atoms with E-state index in [4.69, 9.17) is 11.6 Å². The van der Waals surface area contributed by atoms with Crippen LogP contribution in [0.1, 0.15) is 35.1 Å². The zero-order valence-electron chi connectivity index (χ0n) is 13.1. The van der Waals surface area contributed by atoms with E-state index in [0.717, 1.165) is 24.5 Å². The molecule has 0 saturated heterocycles. The van der Waals surface area contributed by atoms with Gasteiger partial charge < -0.3 is 5.32 Å². The summed E-state index contributed by atoms with van der Waals surface area (Å²) in [5, 5.41) is 4.34. The molecule has 1 nitrogen and oxygen atoms in total. The van der Waals surface area contributed by atoms with Crippen LogP contribution in [-0.2, 0) is 6.42 Å². The van der Waals surface area contributed by atoms with Gasteiger partial charge in [-0.1, -0.05) is 60.5 Å². The first kappa shape index (κ1) is 16.1. The average molecular weight is 302 g/mol. The van der Waals surface area contributed by atoms with Crippen molar-refractivity contribution < 1.29 is 0 Å². The normalized spacial score (nSPS) is 12.4. The summed E-state index contributed by atoms with van der Waals surface area (Å²) in [6, 6.07) is 14.9. The Morgan fingerprint density at radius 3 is 2.57 bits per heavy atom. The predicted octanol–water partition coefficient (Wildman–Crippen LogP) is 4.89. The summed E-state index contributed by atoms with van der Waals surface area (Å²) in [6.07, 6.45) is 1.02. The van der Waals surface area contributed by atoms with E-state index < -0.39 is 0 Å². The first-order valence-electron chi connectivity index (χ1n) is 7.63. The molecule has 0 fully saturated rings. The van der Waals surface area contributed by atoms with E-state index in [-0.39, 0.29) is 0 Å². The first-order chi connectivity index (χ1) is 10.1. The van der Waals surface area contributed by atoms with Crippen LogP contribution in [0.3, 0.4) is 0 Å². The molecular formula is C19H24ClN. The van der Waals surface area contributed by atoms with Crippen LogP contribution in [0.2, 0.25) is 5.02 Å². The van der Waals surface area contributed by atoms with Crippen molar-refractivity contribution in [2.45, 2.75) is 33.1 Å². The van der Waals surface area contributed by atoms with E-state index >= 15 is 0 Å². The zero-order chi connectivity index (χ0) is 15.2. The molecule has 0 aliphatic heterocycles. The third-order valence-corrected chi connectivity index (χ3v) is 4.30. The number of nitrogens with one attached hydrogen (secondary N) is 1. The van der Waals surface area contributed by atoms with Gasteiger partial charge in [-0.05, 0) is 49.6 Å². The number of likely N-dealkylation sites (N-methyl/N-ethyl adjacent to an activating group) is 1. The lowest BCUT2D eigenvalue weighted by Crippen LogP contribution is -2.23. The molecular weight excluding hydrogens is 278 g/mol. The Labute approximate surface area is 133 Å². The van der Waals surface area contributed by atoms with Gasteiger partial charge in [0, 0.05) is 17.5 Å². The summed E-state index contributed by atoms with van der Waals surface area (Å²) in [5.74, 6) is 0.402. The topological polar surface area (TPSA) is 12.0 Å². The molecule has 0 heterocycles. The molecule has 0 saturated carbocycles. The van der Waals surface area contributed by atoms with E-state index in [1.54, 1.807) is 0 Å². The molecule has 1 atom stereocenters. The van der Waals surface area contributed by atoms with Crippen LogP contribution in [0.15, 0.2) is 42.5 Å². The monoisotopic (exact) mass is 301 g/mol. The summed E-state index contributed by atoms with van der Waals surface area (Å²) in [4.78, 5) is 0. The summed E-state index contributed by atoms with van der Waals surface area (Å²) < 4.78 is 0. The minimum Gasteiger partial charge on any atom is -0.316 e. The van der Waals surface area contributed by atoms with Crippen LogP contribution < -0.4 is 5.32 Å². The second-order valence-electron chi connectivity index (χ2n) is 5.66. The zero-order valence-corrected chi connectivity index (χ0v) is 13.9. The maximum atomic E-state index is 6.41. The first-order valence-corrected chi connectivity index (χ1v) is 8.01. The summed E-state index contributed by atoms with van der Waals surface area (Å²) in [5.41, 5.74) is 5.32. The number of rotatable bonds is 6. The molecule has 2 rings (SSSR count). The fraction of sp³-hybridized carbons (Fsp3) is 0.368. The van der Waals surface area contributed by atoms with Crippen molar-refractivity contribution in [1.82, 2.24) is 5.32 Å². The molecule has 0 aliphatic rings. The minimum absolute atomic E-state index is 0.402. The van der Waals surface area contributed by atoms with Crippen LogP contribution >= 0.6 is 11.6 Å². The van der Waals surface area contributed by atoms with Gasteiger partial charge in [-0.3, -0.25) is 0 Å². The minimum atomic E-state index is 0.402. The second-order valence-corrected chi connectivity index (χ2v) is 6.07. The molecule has 0 spiro atoms. The second kappa shape index (κ2) is 7.63. The summed E-state index contributed by atoms with van der Waals surface area (Å²) in [7, 11) is 0. The third kappa shape index (κ3) is 4.33. The molecule has 0 bridgehead atoms. The van der Waals surface area contributed by atoms with Crippen molar-refractivity contribution >= 4 is 11.6 Å². The Bertz CT molecular complexity index is 592. The Balaban J connectivity index is 2.28. The molecule has 0 amide bonds. The molecule has 1 N–H and O–H groups in total. The van der Waals surface area contributed by atoms with Gasteiger partial charge >= 0.3 is 0 Å². The molecule has 112 valence electrons. The number of hydrogen-bond donors (Lipinski definition) is 1. The molecule has 1 unspecified atom stereocenters. The summed E-state index contributed by atoms with van der Waals surface area (Å²) in [6.45, 7) is 8.41. The largest absolute Gasteiger partial charge is 0.316 e. The third-order valence-electron chi connectivity index (χ3n) is 3.96. The Hall–Kier alpha value is -1.31. The van der Waals surface area contributed by atoms with Crippen molar-refractivity contribution in [1.29, 1.82) is 0 Å². The fourth-order valence-corrected chi connectivity index (χ4v) is 2.99. The lowest BCUT2D eigenvalue weighted by atomic mass is 9.89. The number of hydrogen-bond acceptors (Lipinski definition) is 1. The highest BCUT2D eigenvalue weighted by atomic mass is 35.5. The Morgan fingerprint density at radius 1 is 1.10 bits per heavy atom. The van der Waals surface area contributed by atoms with Gasteiger partial charge in [0.15, 0.2) is 0 Å². The van der Waals surface area contributed by atoms with Gasteiger partial charge in [-0.25, -0.2) is 0 Å². The maximum absolute atomic E-state index is 6.41. The van der Waals surface area contributed by atoms with E-state index in [9.17, 15) is 0 Å². The van der Waals surface area contributed by atoms with E-state index in [0.29, 0.717) is 5.92 Å². The Morgan fingerprint density at radius 2 is 1.86 bits per heavy atom. The van der Waals surface area contributed by atoms with E-state index in [2.05, 4.69) is 56.4 Å². The summed E-state index contributed by atoms with van der Waals surface area (Å²) >= 11 is 6.41. The van der Waals surface area contributed by atoms with Gasteiger partial charge in [0.2, 0.25) is 0 Å². The molecule has 21 heavy (non-hydrogen) atoms. The predicted molar refractivity (Wildman–Crippen MR) is 92.4 cm³/mol. The van der Waals surface area contributed by atoms with Gasteiger partial charge in [0.1, 0.15) is 0 Å². The average Bonchev–Trinajstić information content (AvgIpc) is 2.48. The SMILES string of the molecule is CCNCC(Cc1cc(C)ccc1C)c1ccccc1Cl. The van der Waals surface area contributed by atoms with Crippen molar-refractivity contribution in [3.05, 3.63) is 69.7 Å². The van der Waals surface area contributed by atoms with Gasteiger partial charge in [0.05, 0.1) is 0 Å². The molecule has 0 radical (unpaired) electrons. The van der Waals surface area contributed by atoms with Gasteiger partial charge in [0.25, 0.3) is 0 Å². The number of halogens is 1. The van der Waals surface area contributed by atoms with Crippen molar-refractivity contribution in [2.75, 3.05) is 13.1 Å². The highest BCUT2D eigenvalue weighted by Crippen LogP contribution is 2.28. The lowest BCUT2D eigenvalue weighted by Gasteiger charge is -2.20. The standard InChI is InChI=1S/C19H24ClN/c1-4-21-13-17(18-7-5-6-8-19(18)20)12-16-11-14(2)9-10-15(16)3/h5-11,17,21H,4,12-13H2,1-3H3. The van der Waals surface area contributed by atoms with Crippen molar-refractivity contribution in [2.24, 2.45) is 0 Å². The highest BCUT2D eigenvalue weighted by Gasteiger charge is 2.16. The van der Waals surface area contributed by atoms with Crippen LogP contribution in [0, 0.1) is 13.8 Å². The van der Waals surface area contributed by atoms with Crippen LogP contribution in [0.25, 0.3) is 0 Å². The molecule has 2 aromatic rings. The Kier molecular flexibility index (Phi) is 5.84. The van der Waals surface area contributed by atoms with Gasteiger partial charge in [-0.15, -0.1) is 0 Å².